The molecular weight excluding hydrogens is 336 g/mol. The largest absolute Gasteiger partial charge is 0.249 e. The van der Waals surface area contributed by atoms with Gasteiger partial charge in [0.2, 0.25) is 10.0 Å². The van der Waals surface area contributed by atoms with Crippen molar-refractivity contribution in [2.45, 2.75) is 55.4 Å². The van der Waals surface area contributed by atoms with E-state index < -0.39 is 10.0 Å². The van der Waals surface area contributed by atoms with Crippen molar-refractivity contribution in [2.75, 3.05) is 13.1 Å². The van der Waals surface area contributed by atoms with Crippen LogP contribution in [0.4, 0.5) is 0 Å². The molecule has 1 aliphatic carbocycles. The molecule has 1 aromatic heterocycles. The van der Waals surface area contributed by atoms with Crippen molar-refractivity contribution in [3.8, 4) is 0 Å². The third kappa shape index (κ3) is 3.35. The predicted molar refractivity (Wildman–Crippen MR) is 94.7 cm³/mol. The van der Waals surface area contributed by atoms with Crippen LogP contribution in [0, 0.1) is 0 Å². The SMILES string of the molecule is O=S(=O)(c1ccccc1)N1CCC(n2cc(C3CCCC3)nn2)CC1. The van der Waals surface area contributed by atoms with E-state index in [4.69, 9.17) is 0 Å². The van der Waals surface area contributed by atoms with Gasteiger partial charge < -0.3 is 0 Å². The molecule has 134 valence electrons. The molecule has 2 aromatic rings. The van der Waals surface area contributed by atoms with E-state index in [1.807, 2.05) is 10.7 Å². The summed E-state index contributed by atoms with van der Waals surface area (Å²) >= 11 is 0. The summed E-state index contributed by atoms with van der Waals surface area (Å²) in [4.78, 5) is 0.373. The van der Waals surface area contributed by atoms with E-state index in [2.05, 4.69) is 16.5 Å². The fourth-order valence-corrected chi connectivity index (χ4v) is 5.46. The second-order valence-corrected chi connectivity index (χ2v) is 8.99. The van der Waals surface area contributed by atoms with Crippen molar-refractivity contribution >= 4 is 10.0 Å². The van der Waals surface area contributed by atoms with E-state index in [0.29, 0.717) is 23.9 Å². The molecule has 0 radical (unpaired) electrons. The highest BCUT2D eigenvalue weighted by atomic mass is 32.2. The molecule has 0 bridgehead atoms. The van der Waals surface area contributed by atoms with Gasteiger partial charge in [0.15, 0.2) is 0 Å². The van der Waals surface area contributed by atoms with Gasteiger partial charge in [-0.25, -0.2) is 13.1 Å². The zero-order valence-corrected chi connectivity index (χ0v) is 15.1. The molecule has 1 saturated heterocycles. The van der Waals surface area contributed by atoms with Gasteiger partial charge >= 0.3 is 0 Å². The van der Waals surface area contributed by atoms with Crippen molar-refractivity contribution in [1.82, 2.24) is 19.3 Å². The van der Waals surface area contributed by atoms with Crippen LogP contribution in [-0.4, -0.2) is 40.8 Å². The Morgan fingerprint density at radius 1 is 0.960 bits per heavy atom. The first-order chi connectivity index (χ1) is 12.1. The zero-order chi connectivity index (χ0) is 17.3. The Morgan fingerprint density at radius 2 is 1.64 bits per heavy atom. The van der Waals surface area contributed by atoms with Crippen LogP contribution in [0.5, 0.6) is 0 Å². The van der Waals surface area contributed by atoms with Crippen LogP contribution in [0.15, 0.2) is 41.4 Å². The molecule has 0 amide bonds. The first kappa shape index (κ1) is 16.7. The number of piperidine rings is 1. The summed E-state index contributed by atoms with van der Waals surface area (Å²) in [6.45, 7) is 1.06. The molecule has 6 nitrogen and oxygen atoms in total. The predicted octanol–water partition coefficient (Wildman–Crippen LogP) is 2.96. The van der Waals surface area contributed by atoms with Gasteiger partial charge in [-0.15, -0.1) is 5.10 Å². The summed E-state index contributed by atoms with van der Waals surface area (Å²) in [7, 11) is -3.39. The fourth-order valence-electron chi connectivity index (χ4n) is 3.97. The molecule has 1 saturated carbocycles. The smallest absolute Gasteiger partial charge is 0.243 e. The monoisotopic (exact) mass is 360 g/mol. The second-order valence-electron chi connectivity index (χ2n) is 7.05. The van der Waals surface area contributed by atoms with Crippen molar-refractivity contribution in [3.05, 3.63) is 42.2 Å². The molecule has 7 heteroatoms. The molecule has 0 atom stereocenters. The quantitative estimate of drug-likeness (QED) is 0.841. The van der Waals surface area contributed by atoms with Crippen molar-refractivity contribution in [1.29, 1.82) is 0 Å². The van der Waals surface area contributed by atoms with E-state index in [0.717, 1.165) is 18.5 Å². The highest BCUT2D eigenvalue weighted by molar-refractivity contribution is 7.89. The van der Waals surface area contributed by atoms with Crippen LogP contribution in [0.25, 0.3) is 0 Å². The van der Waals surface area contributed by atoms with Crippen LogP contribution in [-0.2, 0) is 10.0 Å². The topological polar surface area (TPSA) is 68.1 Å². The average molecular weight is 360 g/mol. The van der Waals surface area contributed by atoms with Crippen LogP contribution in [0.3, 0.4) is 0 Å². The first-order valence-electron chi connectivity index (χ1n) is 9.11. The third-order valence-electron chi connectivity index (χ3n) is 5.48. The van der Waals surface area contributed by atoms with Crippen molar-refractivity contribution in [2.24, 2.45) is 0 Å². The lowest BCUT2D eigenvalue weighted by atomic mass is 10.0. The Labute approximate surface area is 148 Å². The fraction of sp³-hybridized carbons (Fsp3) is 0.556. The maximum atomic E-state index is 12.7. The summed E-state index contributed by atoms with van der Waals surface area (Å²) in [5, 5.41) is 8.70. The summed E-state index contributed by atoms with van der Waals surface area (Å²) < 4.78 is 28.9. The van der Waals surface area contributed by atoms with Crippen molar-refractivity contribution in [3.63, 3.8) is 0 Å². The Kier molecular flexibility index (Phi) is 4.60. The average Bonchev–Trinajstić information content (AvgIpc) is 3.34. The van der Waals surface area contributed by atoms with E-state index >= 15 is 0 Å². The Hall–Kier alpha value is -1.73. The zero-order valence-electron chi connectivity index (χ0n) is 14.3. The minimum Gasteiger partial charge on any atom is -0.249 e. The molecule has 1 aromatic carbocycles. The summed E-state index contributed by atoms with van der Waals surface area (Å²) in [6.07, 6.45) is 8.64. The number of benzene rings is 1. The maximum Gasteiger partial charge on any atom is 0.243 e. The lowest BCUT2D eigenvalue weighted by Crippen LogP contribution is -2.39. The molecular formula is C18H24N4O2S. The highest BCUT2D eigenvalue weighted by Gasteiger charge is 2.30. The van der Waals surface area contributed by atoms with Crippen LogP contribution in [0.2, 0.25) is 0 Å². The molecule has 0 unspecified atom stereocenters. The second kappa shape index (κ2) is 6.88. The number of rotatable bonds is 4. The normalized spacial score (nSPS) is 21.0. The minimum atomic E-state index is -3.39. The Balaban J connectivity index is 1.41. The molecule has 4 rings (SSSR count). The lowest BCUT2D eigenvalue weighted by Gasteiger charge is -2.31. The molecule has 25 heavy (non-hydrogen) atoms. The number of sulfonamides is 1. The van der Waals surface area contributed by atoms with E-state index in [1.54, 1.807) is 28.6 Å². The lowest BCUT2D eigenvalue weighted by molar-refractivity contribution is 0.258. The number of hydrogen-bond acceptors (Lipinski definition) is 4. The van der Waals surface area contributed by atoms with Gasteiger partial charge in [-0.1, -0.05) is 36.3 Å². The third-order valence-corrected chi connectivity index (χ3v) is 7.39. The van der Waals surface area contributed by atoms with Gasteiger partial charge in [-0.05, 0) is 37.8 Å². The van der Waals surface area contributed by atoms with Gasteiger partial charge in [0, 0.05) is 25.2 Å². The molecule has 2 aliphatic rings. The van der Waals surface area contributed by atoms with E-state index in [-0.39, 0.29) is 6.04 Å². The summed E-state index contributed by atoms with van der Waals surface area (Å²) in [5.74, 6) is 0.562. The van der Waals surface area contributed by atoms with E-state index in [1.165, 1.54) is 25.7 Å². The molecule has 2 heterocycles. The number of nitrogens with zero attached hydrogens (tertiary/aromatic N) is 4. The van der Waals surface area contributed by atoms with Crippen molar-refractivity contribution < 1.29 is 8.42 Å². The van der Waals surface area contributed by atoms with Gasteiger partial charge in [0.1, 0.15) is 0 Å². The van der Waals surface area contributed by atoms with Crippen LogP contribution < -0.4 is 0 Å². The van der Waals surface area contributed by atoms with Gasteiger partial charge in [0.25, 0.3) is 0 Å². The number of hydrogen-bond donors (Lipinski definition) is 0. The Bertz CT molecular complexity index is 805. The first-order valence-corrected chi connectivity index (χ1v) is 10.6. The highest BCUT2D eigenvalue weighted by Crippen LogP contribution is 2.33. The molecule has 0 N–H and O–H groups in total. The van der Waals surface area contributed by atoms with Gasteiger partial charge in [0.05, 0.1) is 16.6 Å². The van der Waals surface area contributed by atoms with E-state index in [9.17, 15) is 8.42 Å². The molecule has 0 spiro atoms. The Morgan fingerprint density at radius 3 is 2.32 bits per heavy atom. The standard InChI is InChI=1S/C18H24N4O2S/c23-25(24,17-8-2-1-3-9-17)21-12-10-16(11-13-21)22-14-18(19-20-22)15-6-4-5-7-15/h1-3,8-9,14-16H,4-7,10-13H2. The van der Waals surface area contributed by atoms with Gasteiger partial charge in [-0.2, -0.15) is 4.31 Å². The van der Waals surface area contributed by atoms with Crippen LogP contribution in [0.1, 0.15) is 56.2 Å². The summed E-state index contributed by atoms with van der Waals surface area (Å²) in [5.41, 5.74) is 1.11. The molecule has 2 fully saturated rings. The maximum absolute atomic E-state index is 12.7. The van der Waals surface area contributed by atoms with Gasteiger partial charge in [-0.3, -0.25) is 0 Å². The summed E-state index contributed by atoms with van der Waals surface area (Å²) in [6, 6.07) is 8.92. The number of aromatic nitrogens is 3. The minimum absolute atomic E-state index is 0.241. The molecule has 1 aliphatic heterocycles. The van der Waals surface area contributed by atoms with Crippen LogP contribution >= 0.6 is 0 Å².